The third-order valence-electron chi connectivity index (χ3n) is 4.98. The van der Waals surface area contributed by atoms with Crippen LogP contribution in [0.5, 0.6) is 0 Å². The van der Waals surface area contributed by atoms with Gasteiger partial charge in [0.2, 0.25) is 5.95 Å². The van der Waals surface area contributed by atoms with Crippen LogP contribution in [0, 0.1) is 5.82 Å². The largest absolute Gasteiger partial charge is 0.353 e. The summed E-state index contributed by atoms with van der Waals surface area (Å²) in [6, 6.07) is 7.64. The van der Waals surface area contributed by atoms with Crippen LogP contribution in [0.25, 0.3) is 0 Å². The van der Waals surface area contributed by atoms with E-state index >= 15 is 0 Å². The zero-order valence-corrected chi connectivity index (χ0v) is 15.1. The Morgan fingerprint density at radius 1 is 1.00 bits per heavy atom. The molecule has 0 bridgehead atoms. The number of nitrogens with zero attached hydrogens (tertiary/aromatic N) is 5. The first-order chi connectivity index (χ1) is 13.2. The monoisotopic (exact) mass is 370 g/mol. The number of carbonyl (C=O) groups excluding carboxylic acids is 1. The molecule has 2 fully saturated rings. The van der Waals surface area contributed by atoms with E-state index < -0.39 is 0 Å². The number of aromatic nitrogens is 2. The number of amides is 2. The molecule has 1 aromatic carbocycles. The van der Waals surface area contributed by atoms with Gasteiger partial charge in [-0.25, -0.2) is 14.2 Å². The maximum atomic E-state index is 13.3. The van der Waals surface area contributed by atoms with Crippen LogP contribution in [0.2, 0.25) is 0 Å². The third-order valence-corrected chi connectivity index (χ3v) is 4.98. The van der Waals surface area contributed by atoms with Gasteiger partial charge in [0.1, 0.15) is 11.6 Å². The Bertz CT molecular complexity index is 802. The van der Waals surface area contributed by atoms with Crippen molar-refractivity contribution in [1.82, 2.24) is 14.9 Å². The molecule has 0 aliphatic carbocycles. The highest BCUT2D eigenvalue weighted by Gasteiger charge is 2.23. The molecular weight excluding hydrogens is 347 g/mol. The second-order valence-electron chi connectivity index (χ2n) is 6.82. The van der Waals surface area contributed by atoms with Gasteiger partial charge in [-0.15, -0.1) is 0 Å². The van der Waals surface area contributed by atoms with Crippen LogP contribution in [0.3, 0.4) is 0 Å². The molecule has 0 saturated carbocycles. The molecular formula is C19H23FN6O. The van der Waals surface area contributed by atoms with Crippen LogP contribution in [-0.4, -0.2) is 60.2 Å². The number of rotatable bonds is 3. The molecule has 2 aliphatic heterocycles. The summed E-state index contributed by atoms with van der Waals surface area (Å²) >= 11 is 0. The Morgan fingerprint density at radius 2 is 1.78 bits per heavy atom. The molecule has 0 spiro atoms. The van der Waals surface area contributed by atoms with Crippen LogP contribution >= 0.6 is 0 Å². The minimum absolute atomic E-state index is 0.208. The first-order valence-corrected chi connectivity index (χ1v) is 9.33. The van der Waals surface area contributed by atoms with Crippen molar-refractivity contribution in [3.8, 4) is 0 Å². The molecule has 2 saturated heterocycles. The SMILES string of the molecule is O=C(Nc1cccc(F)c1)N1CCN(c2ccnc(N3CCCC3)n2)CC1. The normalized spacial score (nSPS) is 17.3. The number of hydrogen-bond acceptors (Lipinski definition) is 5. The lowest BCUT2D eigenvalue weighted by Crippen LogP contribution is -2.50. The average molecular weight is 370 g/mol. The highest BCUT2D eigenvalue weighted by molar-refractivity contribution is 5.89. The smallest absolute Gasteiger partial charge is 0.321 e. The first-order valence-electron chi connectivity index (χ1n) is 9.33. The van der Waals surface area contributed by atoms with Crippen molar-refractivity contribution < 1.29 is 9.18 Å². The predicted molar refractivity (Wildman–Crippen MR) is 103 cm³/mol. The van der Waals surface area contributed by atoms with Crippen LogP contribution < -0.4 is 15.1 Å². The molecule has 2 aliphatic rings. The van der Waals surface area contributed by atoms with Crippen molar-refractivity contribution in [2.24, 2.45) is 0 Å². The fourth-order valence-electron chi connectivity index (χ4n) is 3.49. The summed E-state index contributed by atoms with van der Waals surface area (Å²) in [6.45, 7) is 4.60. The topological polar surface area (TPSA) is 64.6 Å². The lowest BCUT2D eigenvalue weighted by molar-refractivity contribution is 0.208. The number of benzene rings is 1. The van der Waals surface area contributed by atoms with Crippen molar-refractivity contribution in [3.63, 3.8) is 0 Å². The summed E-state index contributed by atoms with van der Waals surface area (Å²) in [6.07, 6.45) is 4.18. The highest BCUT2D eigenvalue weighted by Crippen LogP contribution is 2.20. The molecule has 3 heterocycles. The van der Waals surface area contributed by atoms with E-state index in [0.717, 1.165) is 24.9 Å². The summed E-state index contributed by atoms with van der Waals surface area (Å²) in [5, 5.41) is 2.75. The Hall–Kier alpha value is -2.90. The van der Waals surface area contributed by atoms with Crippen molar-refractivity contribution in [2.75, 3.05) is 54.4 Å². The summed E-state index contributed by atoms with van der Waals surface area (Å²) in [4.78, 5) is 27.6. The zero-order valence-electron chi connectivity index (χ0n) is 15.1. The molecule has 1 N–H and O–H groups in total. The van der Waals surface area contributed by atoms with Crippen molar-refractivity contribution in [2.45, 2.75) is 12.8 Å². The minimum atomic E-state index is -0.366. The summed E-state index contributed by atoms with van der Waals surface area (Å²) in [5.74, 6) is 1.32. The number of urea groups is 1. The number of anilines is 3. The number of nitrogens with one attached hydrogen (secondary N) is 1. The molecule has 142 valence electrons. The van der Waals surface area contributed by atoms with E-state index in [1.807, 2.05) is 6.07 Å². The number of halogens is 1. The fourth-order valence-corrected chi connectivity index (χ4v) is 3.49. The van der Waals surface area contributed by atoms with Crippen molar-refractivity contribution in [1.29, 1.82) is 0 Å². The molecule has 27 heavy (non-hydrogen) atoms. The molecule has 8 heteroatoms. The molecule has 1 aromatic heterocycles. The molecule has 0 unspecified atom stereocenters. The van der Waals surface area contributed by atoms with Crippen molar-refractivity contribution >= 4 is 23.5 Å². The van der Waals surface area contributed by atoms with E-state index in [2.05, 4.69) is 20.1 Å². The molecule has 2 amide bonds. The molecule has 0 atom stereocenters. The summed E-state index contributed by atoms with van der Waals surface area (Å²) < 4.78 is 13.3. The van der Waals surface area contributed by atoms with Crippen LogP contribution in [0.15, 0.2) is 36.5 Å². The second-order valence-corrected chi connectivity index (χ2v) is 6.82. The van der Waals surface area contributed by atoms with Gasteiger partial charge < -0.3 is 20.0 Å². The number of piperazine rings is 1. The third kappa shape index (κ3) is 4.10. The second kappa shape index (κ2) is 7.77. The van der Waals surface area contributed by atoms with E-state index in [0.29, 0.717) is 31.9 Å². The van der Waals surface area contributed by atoms with Gasteiger partial charge in [0.15, 0.2) is 0 Å². The van der Waals surface area contributed by atoms with Gasteiger partial charge in [-0.2, -0.15) is 4.98 Å². The Morgan fingerprint density at radius 3 is 2.52 bits per heavy atom. The Labute approximate surface area is 157 Å². The molecule has 2 aromatic rings. The maximum absolute atomic E-state index is 13.3. The van der Waals surface area contributed by atoms with E-state index in [1.165, 1.54) is 25.0 Å². The zero-order chi connectivity index (χ0) is 18.6. The van der Waals surface area contributed by atoms with E-state index in [-0.39, 0.29) is 11.8 Å². The Kier molecular flexibility index (Phi) is 5.04. The number of hydrogen-bond donors (Lipinski definition) is 1. The van der Waals surface area contributed by atoms with E-state index in [1.54, 1.807) is 23.2 Å². The molecule has 0 radical (unpaired) electrons. The van der Waals surface area contributed by atoms with E-state index in [4.69, 9.17) is 4.98 Å². The van der Waals surface area contributed by atoms with Gasteiger partial charge in [0.25, 0.3) is 0 Å². The van der Waals surface area contributed by atoms with Gasteiger partial charge in [-0.3, -0.25) is 0 Å². The molecule has 7 nitrogen and oxygen atoms in total. The van der Waals surface area contributed by atoms with Gasteiger partial charge in [0.05, 0.1) is 0 Å². The van der Waals surface area contributed by atoms with Gasteiger partial charge in [-0.05, 0) is 37.1 Å². The van der Waals surface area contributed by atoms with Gasteiger partial charge in [-0.1, -0.05) is 6.07 Å². The van der Waals surface area contributed by atoms with Crippen LogP contribution in [0.4, 0.5) is 26.6 Å². The van der Waals surface area contributed by atoms with Gasteiger partial charge >= 0.3 is 6.03 Å². The van der Waals surface area contributed by atoms with Gasteiger partial charge in [0, 0.05) is 51.2 Å². The Balaban J connectivity index is 1.34. The van der Waals surface area contributed by atoms with E-state index in [9.17, 15) is 9.18 Å². The summed E-state index contributed by atoms with van der Waals surface area (Å²) in [5.41, 5.74) is 0.466. The first kappa shape index (κ1) is 17.5. The predicted octanol–water partition coefficient (Wildman–Crippen LogP) is 2.57. The quantitative estimate of drug-likeness (QED) is 0.900. The average Bonchev–Trinajstić information content (AvgIpc) is 3.23. The maximum Gasteiger partial charge on any atom is 0.321 e. The fraction of sp³-hybridized carbons (Fsp3) is 0.421. The van der Waals surface area contributed by atoms with Crippen LogP contribution in [-0.2, 0) is 0 Å². The molecule has 4 rings (SSSR count). The van der Waals surface area contributed by atoms with Crippen molar-refractivity contribution in [3.05, 3.63) is 42.3 Å². The lowest BCUT2D eigenvalue weighted by atomic mass is 10.3. The minimum Gasteiger partial charge on any atom is -0.353 e. The summed E-state index contributed by atoms with van der Waals surface area (Å²) in [7, 11) is 0. The number of carbonyl (C=O) groups is 1. The standard InChI is InChI=1S/C19H23FN6O/c20-15-4-3-5-16(14-15)22-19(27)26-12-10-24(11-13-26)17-6-7-21-18(23-17)25-8-1-2-9-25/h3-7,14H,1-2,8-13H2,(H,22,27). The lowest BCUT2D eigenvalue weighted by Gasteiger charge is -2.35. The highest BCUT2D eigenvalue weighted by atomic mass is 19.1. The van der Waals surface area contributed by atoms with Crippen LogP contribution in [0.1, 0.15) is 12.8 Å².